The van der Waals surface area contributed by atoms with Crippen LogP contribution in [-0.2, 0) is 11.4 Å². The Hall–Kier alpha value is -2.53. The number of nitrogens with zero attached hydrogens (tertiary/aromatic N) is 2. The van der Waals surface area contributed by atoms with Crippen LogP contribution in [0.5, 0.6) is 5.75 Å². The summed E-state index contributed by atoms with van der Waals surface area (Å²) in [7, 11) is 0. The number of aromatic carboxylic acids is 1. The third-order valence-electron chi connectivity index (χ3n) is 5.16. The Labute approximate surface area is 236 Å². The maximum Gasteiger partial charge on any atom is 0.335 e. The lowest BCUT2D eigenvalue weighted by molar-refractivity contribution is -0.122. The molecule has 0 aliphatic carbocycles. The number of amides is 1. The quantitative estimate of drug-likeness (QED) is 0.211. The number of hydrogen-bond donors (Lipinski definition) is 1. The molecule has 6 nitrogen and oxygen atoms in total. The Morgan fingerprint density at radius 3 is 2.33 bits per heavy atom. The first-order chi connectivity index (χ1) is 17.2. The predicted octanol–water partition coefficient (Wildman–Crippen LogP) is 7.50. The number of carbonyl (C=O) groups is 2. The molecule has 184 valence electrons. The lowest BCUT2D eigenvalue weighted by Crippen LogP contribution is -2.28. The van der Waals surface area contributed by atoms with Crippen molar-refractivity contribution in [3.05, 3.63) is 95.9 Å². The molecule has 1 fully saturated rings. The summed E-state index contributed by atoms with van der Waals surface area (Å²) in [6.45, 7) is 2.61. The first-order valence-corrected chi connectivity index (χ1v) is 13.4. The van der Waals surface area contributed by atoms with Crippen LogP contribution < -0.4 is 4.74 Å². The van der Waals surface area contributed by atoms with Gasteiger partial charge < -0.3 is 9.84 Å². The van der Waals surface area contributed by atoms with E-state index in [0.29, 0.717) is 50.3 Å². The molecule has 0 unspecified atom stereocenters. The third-order valence-corrected chi connectivity index (χ3v) is 7.45. The van der Waals surface area contributed by atoms with E-state index in [1.807, 2.05) is 31.2 Å². The third kappa shape index (κ3) is 6.23. The molecule has 1 saturated heterocycles. The molecule has 1 amide bonds. The van der Waals surface area contributed by atoms with Crippen molar-refractivity contribution in [3.63, 3.8) is 0 Å². The minimum atomic E-state index is -1.01. The van der Waals surface area contributed by atoms with E-state index in [-0.39, 0.29) is 11.5 Å². The molecular formula is C26H19Cl2IN2O4S. The second-order valence-electron chi connectivity index (χ2n) is 7.64. The summed E-state index contributed by atoms with van der Waals surface area (Å²) in [6.07, 6.45) is 1.71. The van der Waals surface area contributed by atoms with Crippen LogP contribution in [0.1, 0.15) is 28.4 Å². The summed E-state index contributed by atoms with van der Waals surface area (Å²) in [5, 5.41) is 10.3. The number of carboxylic acids is 1. The monoisotopic (exact) mass is 652 g/mol. The fourth-order valence-corrected chi connectivity index (χ4v) is 5.38. The van der Waals surface area contributed by atoms with Gasteiger partial charge in [-0.3, -0.25) is 9.69 Å². The van der Waals surface area contributed by atoms with Crippen molar-refractivity contribution in [2.75, 3.05) is 6.54 Å². The molecule has 10 heteroatoms. The van der Waals surface area contributed by atoms with Gasteiger partial charge in [0.25, 0.3) is 5.91 Å². The molecular weight excluding hydrogens is 634 g/mol. The fraction of sp³-hybridized carbons (Fsp3) is 0.115. The molecule has 0 saturated carbocycles. The Kier molecular flexibility index (Phi) is 8.61. The molecule has 0 spiro atoms. The van der Waals surface area contributed by atoms with Gasteiger partial charge in [-0.15, -0.1) is 0 Å². The minimum absolute atomic E-state index is 0.168. The van der Waals surface area contributed by atoms with Crippen molar-refractivity contribution in [2.45, 2.75) is 13.5 Å². The van der Waals surface area contributed by atoms with Gasteiger partial charge in [0, 0.05) is 10.1 Å². The van der Waals surface area contributed by atoms with Crippen LogP contribution in [0.2, 0.25) is 10.0 Å². The van der Waals surface area contributed by atoms with E-state index in [4.69, 9.17) is 33.0 Å². The average Bonchev–Trinajstić information content (AvgIpc) is 3.13. The number of thioether (sulfide) groups is 1. The Bertz CT molecular complexity index is 1350. The molecule has 1 aliphatic heterocycles. The number of ether oxygens (including phenoxy) is 1. The maximum absolute atomic E-state index is 13.0. The van der Waals surface area contributed by atoms with Crippen molar-refractivity contribution in [1.29, 1.82) is 0 Å². The van der Waals surface area contributed by atoms with Crippen LogP contribution in [0.25, 0.3) is 6.08 Å². The second-order valence-corrected chi connectivity index (χ2v) is 10.7. The number of aliphatic imine (C=N–C) groups is 1. The molecule has 1 N–H and O–H groups in total. The summed E-state index contributed by atoms with van der Waals surface area (Å²) >= 11 is 16.4. The zero-order valence-electron chi connectivity index (χ0n) is 18.9. The van der Waals surface area contributed by atoms with Crippen LogP contribution in [0, 0.1) is 3.57 Å². The van der Waals surface area contributed by atoms with Gasteiger partial charge in [-0.2, -0.15) is 0 Å². The van der Waals surface area contributed by atoms with Gasteiger partial charge in [0.05, 0.1) is 26.2 Å². The molecule has 0 atom stereocenters. The minimum Gasteiger partial charge on any atom is -0.486 e. The molecule has 4 rings (SSSR count). The van der Waals surface area contributed by atoms with Crippen LogP contribution in [0.4, 0.5) is 5.69 Å². The Morgan fingerprint density at radius 2 is 1.75 bits per heavy atom. The highest BCUT2D eigenvalue weighted by Crippen LogP contribution is 2.38. The van der Waals surface area contributed by atoms with Crippen LogP contribution in [-0.4, -0.2) is 33.6 Å². The fourth-order valence-electron chi connectivity index (χ4n) is 3.35. The predicted molar refractivity (Wildman–Crippen MR) is 153 cm³/mol. The summed E-state index contributed by atoms with van der Waals surface area (Å²) in [4.78, 5) is 30.6. The van der Waals surface area contributed by atoms with E-state index in [1.54, 1.807) is 35.2 Å². The van der Waals surface area contributed by atoms with Gasteiger partial charge in [0.15, 0.2) is 10.9 Å². The molecule has 0 bridgehead atoms. The molecule has 3 aromatic rings. The number of carbonyl (C=O) groups excluding carboxylic acids is 1. The van der Waals surface area contributed by atoms with Gasteiger partial charge in [-0.1, -0.05) is 35.3 Å². The highest BCUT2D eigenvalue weighted by atomic mass is 127. The van der Waals surface area contributed by atoms with E-state index in [0.717, 1.165) is 9.13 Å². The number of amidine groups is 1. The highest BCUT2D eigenvalue weighted by Gasteiger charge is 2.32. The average molecular weight is 653 g/mol. The van der Waals surface area contributed by atoms with Gasteiger partial charge in [0.2, 0.25) is 0 Å². The smallest absolute Gasteiger partial charge is 0.335 e. The van der Waals surface area contributed by atoms with Crippen molar-refractivity contribution in [3.8, 4) is 5.75 Å². The van der Waals surface area contributed by atoms with Crippen molar-refractivity contribution in [1.82, 2.24) is 4.90 Å². The van der Waals surface area contributed by atoms with E-state index in [9.17, 15) is 9.59 Å². The summed E-state index contributed by atoms with van der Waals surface area (Å²) in [5.41, 5.74) is 2.37. The molecule has 36 heavy (non-hydrogen) atoms. The largest absolute Gasteiger partial charge is 0.486 e. The summed E-state index contributed by atoms with van der Waals surface area (Å²) in [6, 6.07) is 17.5. The van der Waals surface area contributed by atoms with Gasteiger partial charge in [-0.05, 0) is 107 Å². The second kappa shape index (κ2) is 11.7. The number of benzene rings is 3. The highest BCUT2D eigenvalue weighted by molar-refractivity contribution is 14.1. The lowest BCUT2D eigenvalue weighted by Gasteiger charge is -2.12. The first-order valence-electron chi connectivity index (χ1n) is 10.7. The normalized spacial score (nSPS) is 15.7. The summed E-state index contributed by atoms with van der Waals surface area (Å²) < 4.78 is 6.99. The molecule has 0 radical (unpaired) electrons. The van der Waals surface area contributed by atoms with Gasteiger partial charge in [0.1, 0.15) is 6.61 Å². The number of halogens is 3. The van der Waals surface area contributed by atoms with Crippen molar-refractivity contribution >= 4 is 86.4 Å². The molecule has 3 aromatic carbocycles. The Morgan fingerprint density at radius 1 is 1.11 bits per heavy atom. The topological polar surface area (TPSA) is 79.2 Å². The Balaban J connectivity index is 1.54. The van der Waals surface area contributed by atoms with Gasteiger partial charge in [-0.25, -0.2) is 9.79 Å². The molecule has 1 heterocycles. The lowest BCUT2D eigenvalue weighted by atomic mass is 10.2. The number of hydrogen-bond acceptors (Lipinski definition) is 5. The zero-order valence-corrected chi connectivity index (χ0v) is 23.4. The van der Waals surface area contributed by atoms with E-state index in [1.165, 1.54) is 23.9 Å². The summed E-state index contributed by atoms with van der Waals surface area (Å²) in [5.74, 6) is -0.815. The van der Waals surface area contributed by atoms with Crippen molar-refractivity contribution in [2.24, 2.45) is 4.99 Å². The first kappa shape index (κ1) is 26.5. The number of rotatable bonds is 7. The number of carboxylic acid groups (broad SMARTS) is 1. The van der Waals surface area contributed by atoms with E-state index < -0.39 is 5.97 Å². The van der Waals surface area contributed by atoms with Gasteiger partial charge >= 0.3 is 5.97 Å². The standard InChI is InChI=1S/C26H19Cl2IN2O4S/c1-2-31-24(32)22(36-26(31)30-19-9-5-17(6-10-19)25(33)34)13-16-11-20(27)23(21(28)12-16)35-14-15-3-7-18(29)8-4-15/h3-13H,2,14H2,1H3,(H,33,34). The zero-order chi connectivity index (χ0) is 25.8. The van der Waals surface area contributed by atoms with Crippen LogP contribution in [0.15, 0.2) is 70.6 Å². The van der Waals surface area contributed by atoms with Crippen molar-refractivity contribution < 1.29 is 19.4 Å². The van der Waals surface area contributed by atoms with Crippen LogP contribution in [0.3, 0.4) is 0 Å². The van der Waals surface area contributed by atoms with Crippen LogP contribution >= 0.6 is 57.6 Å². The molecule has 0 aromatic heterocycles. The SMILES string of the molecule is CCN1C(=O)C(=Cc2cc(Cl)c(OCc3ccc(I)cc3)c(Cl)c2)SC1=Nc1ccc(C(=O)O)cc1. The van der Waals surface area contributed by atoms with E-state index >= 15 is 0 Å². The maximum atomic E-state index is 13.0. The molecule has 1 aliphatic rings. The van der Waals surface area contributed by atoms with E-state index in [2.05, 4.69) is 27.6 Å². The number of likely N-dealkylation sites (N-methyl/N-ethyl adjacent to an activating group) is 1.